The first-order valence-corrected chi connectivity index (χ1v) is 4.80. The van der Waals surface area contributed by atoms with Crippen molar-refractivity contribution in [2.24, 2.45) is 0 Å². The van der Waals surface area contributed by atoms with Crippen molar-refractivity contribution in [2.45, 2.75) is 6.54 Å². The van der Waals surface area contributed by atoms with Gasteiger partial charge in [-0.25, -0.2) is 13.6 Å². The van der Waals surface area contributed by atoms with E-state index in [2.05, 4.69) is 4.98 Å². The summed E-state index contributed by atoms with van der Waals surface area (Å²) in [7, 11) is 0. The van der Waals surface area contributed by atoms with E-state index < -0.39 is 22.9 Å². The van der Waals surface area contributed by atoms with Crippen molar-refractivity contribution in [3.8, 4) is 0 Å². The Labute approximate surface area is 94.2 Å². The van der Waals surface area contributed by atoms with Crippen molar-refractivity contribution in [1.82, 2.24) is 9.55 Å². The zero-order valence-corrected chi connectivity index (χ0v) is 8.61. The van der Waals surface area contributed by atoms with Gasteiger partial charge in [-0.2, -0.15) is 0 Å². The summed E-state index contributed by atoms with van der Waals surface area (Å²) in [6, 6.07) is 4.40. The highest BCUT2D eigenvalue weighted by Gasteiger charge is 2.05. The predicted molar refractivity (Wildman–Crippen MR) is 56.8 cm³/mol. The van der Waals surface area contributed by atoms with Gasteiger partial charge in [0.15, 0.2) is 11.6 Å². The molecule has 0 unspecified atom stereocenters. The minimum absolute atomic E-state index is 0.105. The zero-order valence-electron chi connectivity index (χ0n) is 8.61. The molecule has 2 rings (SSSR count). The standard InChI is InChI=1S/C11H8F2N2O2/c12-8-2-1-7(5-9(8)13)6-15-10(16)3-4-14-11(15)17/h1-5H,6H2,(H,14,17). The highest BCUT2D eigenvalue weighted by Crippen LogP contribution is 2.08. The largest absolute Gasteiger partial charge is 0.328 e. The Balaban J connectivity index is 2.42. The number of nitrogens with zero attached hydrogens (tertiary/aromatic N) is 1. The Morgan fingerprint density at radius 1 is 1.12 bits per heavy atom. The zero-order chi connectivity index (χ0) is 12.4. The highest BCUT2D eigenvalue weighted by atomic mass is 19.2. The molecule has 1 aromatic carbocycles. The number of nitrogens with one attached hydrogen (secondary N) is 1. The van der Waals surface area contributed by atoms with Gasteiger partial charge in [0.1, 0.15) is 0 Å². The van der Waals surface area contributed by atoms with Crippen LogP contribution in [0.25, 0.3) is 0 Å². The molecule has 0 fully saturated rings. The fourth-order valence-electron chi connectivity index (χ4n) is 1.42. The molecule has 0 saturated carbocycles. The summed E-state index contributed by atoms with van der Waals surface area (Å²) in [4.78, 5) is 25.0. The summed E-state index contributed by atoms with van der Waals surface area (Å²) in [5, 5.41) is 0. The van der Waals surface area contributed by atoms with Gasteiger partial charge in [0.25, 0.3) is 5.56 Å². The quantitative estimate of drug-likeness (QED) is 0.843. The lowest BCUT2D eigenvalue weighted by molar-refractivity contribution is 0.506. The third-order valence-electron chi connectivity index (χ3n) is 2.27. The first-order valence-electron chi connectivity index (χ1n) is 4.80. The molecule has 2 aromatic rings. The normalized spacial score (nSPS) is 10.5. The van der Waals surface area contributed by atoms with E-state index in [1.807, 2.05) is 0 Å². The van der Waals surface area contributed by atoms with E-state index >= 15 is 0 Å². The van der Waals surface area contributed by atoms with E-state index in [0.29, 0.717) is 5.56 Å². The van der Waals surface area contributed by atoms with E-state index in [1.54, 1.807) is 0 Å². The molecule has 0 radical (unpaired) electrons. The molecule has 1 heterocycles. The second-order valence-electron chi connectivity index (χ2n) is 3.46. The highest BCUT2D eigenvalue weighted by molar-refractivity contribution is 5.18. The maximum atomic E-state index is 12.9. The Hall–Kier alpha value is -2.24. The van der Waals surface area contributed by atoms with Gasteiger partial charge in [-0.15, -0.1) is 0 Å². The Morgan fingerprint density at radius 3 is 2.53 bits per heavy atom. The lowest BCUT2D eigenvalue weighted by Crippen LogP contribution is -2.34. The van der Waals surface area contributed by atoms with Crippen LogP contribution >= 0.6 is 0 Å². The van der Waals surface area contributed by atoms with Gasteiger partial charge in [-0.3, -0.25) is 9.36 Å². The van der Waals surface area contributed by atoms with Crippen LogP contribution in [0, 0.1) is 11.6 Å². The van der Waals surface area contributed by atoms with Gasteiger partial charge in [0, 0.05) is 12.3 Å². The first kappa shape index (κ1) is 11.3. The summed E-state index contributed by atoms with van der Waals surface area (Å²) in [5.74, 6) is -1.98. The summed E-state index contributed by atoms with van der Waals surface area (Å²) in [5.41, 5.74) is -0.761. The van der Waals surface area contributed by atoms with Crippen molar-refractivity contribution >= 4 is 0 Å². The van der Waals surface area contributed by atoms with Crippen molar-refractivity contribution < 1.29 is 8.78 Å². The summed E-state index contributed by atoms with van der Waals surface area (Å²) in [6.07, 6.45) is 1.23. The van der Waals surface area contributed by atoms with Crippen LogP contribution in [-0.2, 0) is 6.54 Å². The molecular weight excluding hydrogens is 230 g/mol. The Bertz CT molecular complexity index is 633. The number of halogens is 2. The minimum Gasteiger partial charge on any atom is -0.314 e. The van der Waals surface area contributed by atoms with Gasteiger partial charge >= 0.3 is 5.69 Å². The van der Waals surface area contributed by atoms with Gasteiger partial charge in [-0.1, -0.05) is 6.07 Å². The minimum atomic E-state index is -1.01. The van der Waals surface area contributed by atoms with E-state index in [-0.39, 0.29) is 6.54 Å². The monoisotopic (exact) mass is 238 g/mol. The van der Waals surface area contributed by atoms with Crippen LogP contribution in [0.3, 0.4) is 0 Å². The van der Waals surface area contributed by atoms with Crippen LogP contribution in [0.2, 0.25) is 0 Å². The average molecular weight is 238 g/mol. The smallest absolute Gasteiger partial charge is 0.314 e. The second-order valence-corrected chi connectivity index (χ2v) is 3.46. The fourth-order valence-corrected chi connectivity index (χ4v) is 1.42. The number of rotatable bonds is 2. The van der Waals surface area contributed by atoms with E-state index in [9.17, 15) is 18.4 Å². The lowest BCUT2D eigenvalue weighted by atomic mass is 10.2. The molecule has 1 N–H and O–H groups in total. The van der Waals surface area contributed by atoms with Crippen LogP contribution in [0.5, 0.6) is 0 Å². The Kier molecular flexibility index (Phi) is 2.86. The Morgan fingerprint density at radius 2 is 1.88 bits per heavy atom. The molecule has 17 heavy (non-hydrogen) atoms. The van der Waals surface area contributed by atoms with Crippen LogP contribution in [-0.4, -0.2) is 9.55 Å². The number of hydrogen-bond donors (Lipinski definition) is 1. The molecule has 0 aliphatic heterocycles. The molecule has 0 aliphatic rings. The van der Waals surface area contributed by atoms with E-state index in [1.165, 1.54) is 18.3 Å². The summed E-state index contributed by atoms with van der Waals surface area (Å²) >= 11 is 0. The van der Waals surface area contributed by atoms with Gasteiger partial charge < -0.3 is 4.98 Å². The molecule has 0 bridgehead atoms. The van der Waals surface area contributed by atoms with Gasteiger partial charge in [0.2, 0.25) is 0 Å². The number of benzene rings is 1. The van der Waals surface area contributed by atoms with Gasteiger partial charge in [-0.05, 0) is 17.7 Å². The molecule has 0 aliphatic carbocycles. The maximum Gasteiger partial charge on any atom is 0.328 e. The van der Waals surface area contributed by atoms with Crippen LogP contribution in [0.1, 0.15) is 5.56 Å². The third-order valence-corrected chi connectivity index (χ3v) is 2.27. The SMILES string of the molecule is O=c1cc[nH]c(=O)n1Cc1ccc(F)c(F)c1. The molecule has 0 saturated heterocycles. The van der Waals surface area contributed by atoms with E-state index in [4.69, 9.17) is 0 Å². The number of hydrogen-bond acceptors (Lipinski definition) is 2. The van der Waals surface area contributed by atoms with Crippen LogP contribution < -0.4 is 11.2 Å². The maximum absolute atomic E-state index is 12.9. The molecule has 4 nitrogen and oxygen atoms in total. The molecule has 88 valence electrons. The molecule has 0 atom stereocenters. The van der Waals surface area contributed by atoms with Crippen molar-refractivity contribution in [3.05, 3.63) is 68.5 Å². The van der Waals surface area contributed by atoms with E-state index in [0.717, 1.165) is 16.7 Å². The first-order chi connectivity index (χ1) is 8.08. The number of aromatic amines is 1. The molecule has 6 heteroatoms. The van der Waals surface area contributed by atoms with Crippen molar-refractivity contribution in [1.29, 1.82) is 0 Å². The molecule has 0 spiro atoms. The number of H-pyrrole nitrogens is 1. The summed E-state index contributed by atoms with van der Waals surface area (Å²) < 4.78 is 26.5. The van der Waals surface area contributed by atoms with Crippen LogP contribution in [0.15, 0.2) is 40.1 Å². The number of aromatic nitrogens is 2. The van der Waals surface area contributed by atoms with Crippen molar-refractivity contribution in [2.75, 3.05) is 0 Å². The third kappa shape index (κ3) is 2.30. The fraction of sp³-hybridized carbons (Fsp3) is 0.0909. The predicted octanol–water partition coefficient (Wildman–Crippen LogP) is 0.863. The molecule has 1 aromatic heterocycles. The molecular formula is C11H8F2N2O2. The van der Waals surface area contributed by atoms with Crippen LogP contribution in [0.4, 0.5) is 8.78 Å². The molecule has 0 amide bonds. The average Bonchev–Trinajstić information content (AvgIpc) is 2.28. The lowest BCUT2D eigenvalue weighted by Gasteiger charge is -2.04. The van der Waals surface area contributed by atoms with Crippen molar-refractivity contribution in [3.63, 3.8) is 0 Å². The summed E-state index contributed by atoms with van der Waals surface area (Å²) in [6.45, 7) is -0.105. The van der Waals surface area contributed by atoms with Gasteiger partial charge in [0.05, 0.1) is 6.54 Å². The topological polar surface area (TPSA) is 54.9 Å². The second kappa shape index (κ2) is 4.32.